The fourth-order valence-corrected chi connectivity index (χ4v) is 3.12. The lowest BCUT2D eigenvalue weighted by atomic mass is 10.0. The van der Waals surface area contributed by atoms with E-state index in [1.54, 1.807) is 13.8 Å². The second-order valence-corrected chi connectivity index (χ2v) is 6.62. The molecule has 0 aromatic heterocycles. The van der Waals surface area contributed by atoms with Gasteiger partial charge in [0.15, 0.2) is 0 Å². The van der Waals surface area contributed by atoms with E-state index >= 15 is 0 Å². The molecule has 0 saturated heterocycles. The van der Waals surface area contributed by atoms with Gasteiger partial charge in [0.1, 0.15) is 6.04 Å². The number of hydrogen-bond acceptors (Lipinski definition) is 4. The highest BCUT2D eigenvalue weighted by atomic mass is 32.2. The van der Waals surface area contributed by atoms with Crippen LogP contribution in [0.4, 0.5) is 0 Å². The Labute approximate surface area is 132 Å². The van der Waals surface area contributed by atoms with Crippen molar-refractivity contribution in [1.29, 1.82) is 0 Å². The lowest BCUT2D eigenvalue weighted by Gasteiger charge is -2.22. The van der Waals surface area contributed by atoms with Crippen molar-refractivity contribution in [3.05, 3.63) is 29.8 Å². The van der Waals surface area contributed by atoms with E-state index < -0.39 is 22.0 Å². The molecule has 0 saturated carbocycles. The Morgan fingerprint density at radius 3 is 2.36 bits per heavy atom. The van der Waals surface area contributed by atoms with Crippen molar-refractivity contribution >= 4 is 16.0 Å². The number of nitrogens with one attached hydrogen (secondary N) is 1. The van der Waals surface area contributed by atoms with E-state index in [9.17, 15) is 13.2 Å². The molecule has 0 aliphatic heterocycles. The smallest absolute Gasteiger partial charge is 0.324 e. The van der Waals surface area contributed by atoms with Gasteiger partial charge in [-0.3, -0.25) is 4.79 Å². The molecule has 120 valence electrons. The average Bonchev–Trinajstić information content (AvgIpc) is 2.52. The topological polar surface area (TPSA) is 72.5 Å². The fraction of sp³-hybridized carbons (Fsp3) is 0.438. The summed E-state index contributed by atoms with van der Waals surface area (Å²) in [4.78, 5) is 12.0. The van der Waals surface area contributed by atoms with Gasteiger partial charge in [-0.15, -0.1) is 6.42 Å². The number of hydrogen-bond donors (Lipinski definition) is 1. The summed E-state index contributed by atoms with van der Waals surface area (Å²) in [6.45, 7) is 5.56. The zero-order valence-electron chi connectivity index (χ0n) is 13.0. The molecule has 0 aliphatic carbocycles. The van der Waals surface area contributed by atoms with Crippen LogP contribution in [0.1, 0.15) is 32.8 Å². The summed E-state index contributed by atoms with van der Waals surface area (Å²) in [6.07, 6.45) is 5.89. The van der Waals surface area contributed by atoms with Crippen molar-refractivity contribution in [2.24, 2.45) is 5.92 Å². The highest BCUT2D eigenvalue weighted by molar-refractivity contribution is 7.89. The zero-order valence-corrected chi connectivity index (χ0v) is 13.8. The van der Waals surface area contributed by atoms with Crippen LogP contribution < -0.4 is 4.72 Å². The minimum atomic E-state index is -3.82. The summed E-state index contributed by atoms with van der Waals surface area (Å²) in [5.41, 5.74) is 0.586. The van der Waals surface area contributed by atoms with Gasteiger partial charge in [0.25, 0.3) is 0 Å². The van der Waals surface area contributed by atoms with Gasteiger partial charge >= 0.3 is 5.97 Å². The van der Waals surface area contributed by atoms with Crippen LogP contribution in [0.5, 0.6) is 0 Å². The molecule has 0 radical (unpaired) electrons. The van der Waals surface area contributed by atoms with Crippen molar-refractivity contribution < 1.29 is 17.9 Å². The van der Waals surface area contributed by atoms with Gasteiger partial charge in [-0.05, 0) is 37.1 Å². The van der Waals surface area contributed by atoms with Crippen LogP contribution in [-0.2, 0) is 19.6 Å². The van der Waals surface area contributed by atoms with Crippen LogP contribution in [0, 0.1) is 18.3 Å². The van der Waals surface area contributed by atoms with Crippen molar-refractivity contribution in [2.75, 3.05) is 6.61 Å². The first-order valence-corrected chi connectivity index (χ1v) is 8.59. The standard InChI is InChI=1S/C16H21NO4S/c1-5-12(4)15(16(18)21-7-3)17-22(19,20)14-10-8-13(6-2)9-11-14/h2,8-12,15,17H,5,7H2,1,3-4H3/t12-,15-/m0/s1. The summed E-state index contributed by atoms with van der Waals surface area (Å²) in [5.74, 6) is 1.67. The van der Waals surface area contributed by atoms with Crippen molar-refractivity contribution in [3.63, 3.8) is 0 Å². The summed E-state index contributed by atoms with van der Waals surface area (Å²) in [6, 6.07) is 4.99. The van der Waals surface area contributed by atoms with Crippen LogP contribution in [0.2, 0.25) is 0 Å². The van der Waals surface area contributed by atoms with E-state index in [1.165, 1.54) is 24.3 Å². The molecule has 5 nitrogen and oxygen atoms in total. The Morgan fingerprint density at radius 2 is 1.91 bits per heavy atom. The summed E-state index contributed by atoms with van der Waals surface area (Å²) >= 11 is 0. The average molecular weight is 323 g/mol. The van der Waals surface area contributed by atoms with Crippen LogP contribution in [0.25, 0.3) is 0 Å². The molecule has 0 bridgehead atoms. The van der Waals surface area contributed by atoms with E-state index in [4.69, 9.17) is 11.2 Å². The molecule has 2 atom stereocenters. The highest BCUT2D eigenvalue weighted by Crippen LogP contribution is 2.15. The van der Waals surface area contributed by atoms with Gasteiger partial charge in [-0.25, -0.2) is 8.42 Å². The highest BCUT2D eigenvalue weighted by Gasteiger charge is 2.30. The molecular formula is C16H21NO4S. The van der Waals surface area contributed by atoms with Crippen molar-refractivity contribution in [1.82, 2.24) is 4.72 Å². The van der Waals surface area contributed by atoms with E-state index in [-0.39, 0.29) is 17.4 Å². The van der Waals surface area contributed by atoms with E-state index in [1.807, 2.05) is 6.92 Å². The molecule has 0 aliphatic rings. The molecular weight excluding hydrogens is 302 g/mol. The van der Waals surface area contributed by atoms with Gasteiger partial charge < -0.3 is 4.74 Å². The van der Waals surface area contributed by atoms with Crippen LogP contribution in [0.3, 0.4) is 0 Å². The SMILES string of the molecule is C#Cc1ccc(S(=O)(=O)N[C@H](C(=O)OCC)[C@@H](C)CC)cc1. The van der Waals surface area contributed by atoms with Crippen LogP contribution >= 0.6 is 0 Å². The molecule has 1 rings (SSSR count). The quantitative estimate of drug-likeness (QED) is 0.615. The normalized spacial score (nSPS) is 13.9. The minimum Gasteiger partial charge on any atom is -0.465 e. The van der Waals surface area contributed by atoms with E-state index in [0.29, 0.717) is 12.0 Å². The third kappa shape index (κ3) is 4.58. The van der Waals surface area contributed by atoms with Gasteiger partial charge in [0.05, 0.1) is 11.5 Å². The number of ether oxygens (including phenoxy) is 1. The van der Waals surface area contributed by atoms with Crippen molar-refractivity contribution in [3.8, 4) is 12.3 Å². The molecule has 0 heterocycles. The maximum absolute atomic E-state index is 12.4. The number of sulfonamides is 1. The molecule has 0 fully saturated rings. The zero-order chi connectivity index (χ0) is 16.8. The van der Waals surface area contributed by atoms with E-state index in [2.05, 4.69) is 10.6 Å². The molecule has 22 heavy (non-hydrogen) atoms. The molecule has 0 spiro atoms. The Morgan fingerprint density at radius 1 is 1.32 bits per heavy atom. The Balaban J connectivity index is 3.03. The fourth-order valence-electron chi connectivity index (χ4n) is 1.83. The molecule has 0 amide bonds. The third-order valence-corrected chi connectivity index (χ3v) is 4.82. The molecule has 6 heteroatoms. The first-order valence-electron chi connectivity index (χ1n) is 7.11. The van der Waals surface area contributed by atoms with E-state index in [0.717, 1.165) is 0 Å². The van der Waals surface area contributed by atoms with Gasteiger partial charge in [0.2, 0.25) is 10.0 Å². The third-order valence-electron chi connectivity index (χ3n) is 3.37. The number of rotatable bonds is 7. The van der Waals surface area contributed by atoms with Crippen LogP contribution in [0.15, 0.2) is 29.2 Å². The van der Waals surface area contributed by atoms with Crippen molar-refractivity contribution in [2.45, 2.75) is 38.1 Å². The number of esters is 1. The maximum atomic E-state index is 12.4. The van der Waals surface area contributed by atoms with Gasteiger partial charge in [0, 0.05) is 5.56 Å². The number of terminal acetylenes is 1. The second kappa shape index (κ2) is 7.97. The van der Waals surface area contributed by atoms with Crippen LogP contribution in [-0.4, -0.2) is 27.0 Å². The molecule has 0 unspecified atom stereocenters. The Kier molecular flexibility index (Phi) is 6.60. The largest absolute Gasteiger partial charge is 0.465 e. The monoisotopic (exact) mass is 323 g/mol. The Hall–Kier alpha value is -1.84. The first-order chi connectivity index (χ1) is 10.4. The second-order valence-electron chi connectivity index (χ2n) is 4.91. The summed E-state index contributed by atoms with van der Waals surface area (Å²) in [5, 5.41) is 0. The summed E-state index contributed by atoms with van der Waals surface area (Å²) in [7, 11) is -3.82. The molecule has 1 aromatic carbocycles. The maximum Gasteiger partial charge on any atom is 0.324 e. The lowest BCUT2D eigenvalue weighted by molar-refractivity contribution is -0.146. The Bertz CT molecular complexity index is 644. The number of carbonyl (C=O) groups is 1. The van der Waals surface area contributed by atoms with Gasteiger partial charge in [-0.2, -0.15) is 4.72 Å². The molecule has 1 N–H and O–H groups in total. The van der Waals surface area contributed by atoms with Gasteiger partial charge in [-0.1, -0.05) is 26.2 Å². The number of carbonyl (C=O) groups excluding carboxylic acids is 1. The minimum absolute atomic E-state index is 0.0594. The number of benzene rings is 1. The lowest BCUT2D eigenvalue weighted by Crippen LogP contribution is -2.45. The predicted molar refractivity (Wildman–Crippen MR) is 84.6 cm³/mol. The molecule has 1 aromatic rings. The first kappa shape index (κ1) is 18.2. The summed E-state index contributed by atoms with van der Waals surface area (Å²) < 4.78 is 32.2. The predicted octanol–water partition coefficient (Wildman–Crippen LogP) is 1.92.